The predicted octanol–water partition coefficient (Wildman–Crippen LogP) is 1.63. The van der Waals surface area contributed by atoms with Crippen LogP contribution in [0.5, 0.6) is 5.75 Å². The van der Waals surface area contributed by atoms with Gasteiger partial charge in [0.25, 0.3) is 0 Å². The fraction of sp³-hybridized carbons (Fsp3) is 0.231. The van der Waals surface area contributed by atoms with Gasteiger partial charge in [-0.15, -0.1) is 0 Å². The van der Waals surface area contributed by atoms with Gasteiger partial charge in [0, 0.05) is 25.1 Å². The molecule has 0 spiro atoms. The molecule has 0 aliphatic heterocycles. The van der Waals surface area contributed by atoms with Crippen molar-refractivity contribution in [2.45, 2.75) is 6.92 Å². The van der Waals surface area contributed by atoms with Gasteiger partial charge in [0.2, 0.25) is 5.78 Å². The molecule has 0 aliphatic rings. The fourth-order valence-electron chi connectivity index (χ4n) is 1.76. The Balaban J connectivity index is 2.50. The topological polar surface area (TPSA) is 70.1 Å². The third-order valence-electron chi connectivity index (χ3n) is 2.61. The van der Waals surface area contributed by atoms with Gasteiger partial charge in [-0.05, 0) is 19.1 Å². The molecule has 18 heavy (non-hydrogen) atoms. The summed E-state index contributed by atoms with van der Waals surface area (Å²) in [4.78, 5) is 16.4. The van der Waals surface area contributed by atoms with Gasteiger partial charge in [0.15, 0.2) is 5.82 Å². The summed E-state index contributed by atoms with van der Waals surface area (Å²) >= 11 is 0. The highest BCUT2D eigenvalue weighted by atomic mass is 16.5. The zero-order valence-electron chi connectivity index (χ0n) is 10.4. The maximum atomic E-state index is 12.4. The van der Waals surface area contributed by atoms with Crippen LogP contribution in [0.3, 0.4) is 0 Å². The second-order valence-corrected chi connectivity index (χ2v) is 3.84. The molecule has 1 aromatic carbocycles. The first-order chi connectivity index (χ1) is 8.65. The number of hydrogen-bond acceptors (Lipinski definition) is 4. The minimum atomic E-state index is -0.232. The van der Waals surface area contributed by atoms with Gasteiger partial charge >= 0.3 is 0 Å². The minimum absolute atomic E-state index is 0.232. The van der Waals surface area contributed by atoms with Crippen LogP contribution in [0.1, 0.15) is 23.1 Å². The first-order valence-corrected chi connectivity index (χ1v) is 5.68. The largest absolute Gasteiger partial charge is 0.493 e. The number of ketones is 1. The third-order valence-corrected chi connectivity index (χ3v) is 2.61. The molecule has 0 fully saturated rings. The van der Waals surface area contributed by atoms with Crippen molar-refractivity contribution >= 4 is 11.5 Å². The van der Waals surface area contributed by atoms with Crippen molar-refractivity contribution in [3.8, 4) is 5.75 Å². The van der Waals surface area contributed by atoms with E-state index in [4.69, 9.17) is 10.5 Å². The molecule has 1 aromatic heterocycles. The van der Waals surface area contributed by atoms with E-state index >= 15 is 0 Å². The maximum Gasteiger partial charge on any atom is 0.234 e. The van der Waals surface area contributed by atoms with Gasteiger partial charge in [0.1, 0.15) is 5.75 Å². The van der Waals surface area contributed by atoms with E-state index in [9.17, 15) is 4.79 Å². The molecule has 0 bridgehead atoms. The van der Waals surface area contributed by atoms with Crippen molar-refractivity contribution in [2.75, 3.05) is 12.3 Å². The number of anilines is 1. The summed E-state index contributed by atoms with van der Waals surface area (Å²) in [5.41, 5.74) is 6.64. The Labute approximate surface area is 105 Å². The Hall–Kier alpha value is -2.30. The van der Waals surface area contributed by atoms with E-state index in [2.05, 4.69) is 4.98 Å². The average Bonchev–Trinajstić information content (AvgIpc) is 2.75. The highest BCUT2D eigenvalue weighted by Gasteiger charge is 2.20. The van der Waals surface area contributed by atoms with Gasteiger partial charge in [-0.25, -0.2) is 4.98 Å². The number of rotatable bonds is 4. The molecule has 0 aliphatic carbocycles. The molecule has 0 amide bonds. The second kappa shape index (κ2) is 4.91. The number of benzene rings is 1. The zero-order valence-corrected chi connectivity index (χ0v) is 10.4. The lowest BCUT2D eigenvalue weighted by atomic mass is 10.1. The van der Waals surface area contributed by atoms with E-state index in [0.717, 1.165) is 0 Å². The summed E-state index contributed by atoms with van der Waals surface area (Å²) in [6.07, 6.45) is 3.29. The molecular weight excluding hydrogens is 230 g/mol. The zero-order chi connectivity index (χ0) is 13.1. The molecule has 0 radical (unpaired) electrons. The van der Waals surface area contributed by atoms with Gasteiger partial charge in [0.05, 0.1) is 12.2 Å². The molecule has 2 aromatic rings. The van der Waals surface area contributed by atoms with E-state index in [1.54, 1.807) is 42.2 Å². The first-order valence-electron chi connectivity index (χ1n) is 5.68. The number of nitrogen functional groups attached to an aromatic ring is 1. The molecule has 0 saturated heterocycles. The molecule has 2 N–H and O–H groups in total. The number of ether oxygens (including phenoxy) is 1. The lowest BCUT2D eigenvalue weighted by Gasteiger charge is -2.11. The number of aryl methyl sites for hydroxylation is 1. The molecule has 0 unspecified atom stereocenters. The van der Waals surface area contributed by atoms with Crippen LogP contribution in [0.15, 0.2) is 30.6 Å². The number of nitrogens with two attached hydrogens (primary N) is 1. The van der Waals surface area contributed by atoms with Crippen molar-refractivity contribution < 1.29 is 9.53 Å². The Morgan fingerprint density at radius 3 is 2.89 bits per heavy atom. The van der Waals surface area contributed by atoms with Crippen molar-refractivity contribution in [1.82, 2.24) is 9.55 Å². The van der Waals surface area contributed by atoms with Crippen LogP contribution in [0.4, 0.5) is 5.69 Å². The summed E-state index contributed by atoms with van der Waals surface area (Å²) in [5, 5.41) is 0. The van der Waals surface area contributed by atoms with Crippen LogP contribution in [-0.2, 0) is 7.05 Å². The van der Waals surface area contributed by atoms with Crippen molar-refractivity contribution in [2.24, 2.45) is 7.05 Å². The third kappa shape index (κ3) is 2.07. The Kier molecular flexibility index (Phi) is 3.32. The Bertz CT molecular complexity index is 575. The first kappa shape index (κ1) is 12.2. The number of imidazole rings is 1. The number of carbonyl (C=O) groups is 1. The van der Waals surface area contributed by atoms with Gasteiger partial charge in [-0.3, -0.25) is 4.79 Å². The summed E-state index contributed by atoms with van der Waals surface area (Å²) in [7, 11) is 1.76. The normalized spacial score (nSPS) is 10.3. The molecular formula is C13H15N3O2. The second-order valence-electron chi connectivity index (χ2n) is 3.84. The number of hydrogen-bond donors (Lipinski definition) is 1. The van der Waals surface area contributed by atoms with Crippen molar-refractivity contribution in [1.29, 1.82) is 0 Å². The molecule has 0 atom stereocenters. The summed E-state index contributed by atoms with van der Waals surface area (Å²) in [6, 6.07) is 5.17. The molecule has 1 heterocycles. The smallest absolute Gasteiger partial charge is 0.234 e. The average molecular weight is 245 g/mol. The van der Waals surface area contributed by atoms with Gasteiger partial charge < -0.3 is 15.0 Å². The standard InChI is InChI=1S/C13H15N3O2/c1-3-18-10-6-4-5-9(14)11(10)12(17)13-15-7-8-16(13)2/h4-8H,3,14H2,1-2H3. The van der Waals surface area contributed by atoms with Crippen LogP contribution in [0, 0.1) is 0 Å². The Morgan fingerprint density at radius 1 is 1.50 bits per heavy atom. The lowest BCUT2D eigenvalue weighted by molar-refractivity contribution is 0.102. The molecule has 5 heteroatoms. The highest BCUT2D eigenvalue weighted by molar-refractivity contribution is 6.12. The van der Waals surface area contributed by atoms with E-state index in [1.165, 1.54) is 0 Å². The lowest BCUT2D eigenvalue weighted by Crippen LogP contribution is -2.13. The number of carbonyl (C=O) groups excluding carboxylic acids is 1. The fourth-order valence-corrected chi connectivity index (χ4v) is 1.76. The Morgan fingerprint density at radius 2 is 2.28 bits per heavy atom. The van der Waals surface area contributed by atoms with E-state index in [1.807, 2.05) is 6.92 Å². The van der Waals surface area contributed by atoms with Crippen molar-refractivity contribution in [3.63, 3.8) is 0 Å². The maximum absolute atomic E-state index is 12.4. The highest BCUT2D eigenvalue weighted by Crippen LogP contribution is 2.26. The predicted molar refractivity (Wildman–Crippen MR) is 68.7 cm³/mol. The quantitative estimate of drug-likeness (QED) is 0.656. The van der Waals surface area contributed by atoms with Crippen molar-refractivity contribution in [3.05, 3.63) is 42.0 Å². The van der Waals surface area contributed by atoms with Crippen LogP contribution < -0.4 is 10.5 Å². The van der Waals surface area contributed by atoms with Crippen LogP contribution in [-0.4, -0.2) is 21.9 Å². The summed E-state index contributed by atoms with van der Waals surface area (Å²) in [5.74, 6) is 0.600. The molecule has 94 valence electrons. The number of nitrogens with zero attached hydrogens (tertiary/aromatic N) is 2. The van der Waals surface area contributed by atoms with Gasteiger partial charge in [-0.2, -0.15) is 0 Å². The monoisotopic (exact) mass is 245 g/mol. The van der Waals surface area contributed by atoms with Gasteiger partial charge in [-0.1, -0.05) is 6.07 Å². The molecule has 2 rings (SSSR count). The summed E-state index contributed by atoms with van der Waals surface area (Å²) < 4.78 is 7.10. The SMILES string of the molecule is CCOc1cccc(N)c1C(=O)c1nccn1C. The molecule has 0 saturated carbocycles. The van der Waals surface area contributed by atoms with Crippen LogP contribution in [0.25, 0.3) is 0 Å². The number of aromatic nitrogens is 2. The van der Waals surface area contributed by atoms with E-state index < -0.39 is 0 Å². The summed E-state index contributed by atoms with van der Waals surface area (Å²) in [6.45, 7) is 2.34. The minimum Gasteiger partial charge on any atom is -0.493 e. The van der Waals surface area contributed by atoms with E-state index in [-0.39, 0.29) is 5.78 Å². The molecule has 5 nitrogen and oxygen atoms in total. The van der Waals surface area contributed by atoms with Crippen LogP contribution >= 0.6 is 0 Å². The van der Waals surface area contributed by atoms with E-state index in [0.29, 0.717) is 29.4 Å². The van der Waals surface area contributed by atoms with Crippen LogP contribution in [0.2, 0.25) is 0 Å².